The van der Waals surface area contributed by atoms with Crippen LogP contribution in [0.25, 0.3) is 0 Å². The normalized spacial score (nSPS) is 10.3. The molecule has 0 unspecified atom stereocenters. The van der Waals surface area contributed by atoms with Crippen molar-refractivity contribution >= 4 is 11.4 Å². The Hall–Kier alpha value is -1.97. The molecule has 4 N–H and O–H groups in total. The van der Waals surface area contributed by atoms with Crippen molar-refractivity contribution in [3.05, 3.63) is 42.0 Å². The fourth-order valence-electron chi connectivity index (χ4n) is 1.60. The number of hydrogen-bond donors (Lipinski definition) is 3. The summed E-state index contributed by atoms with van der Waals surface area (Å²) < 4.78 is 0. The number of aromatic amines is 1. The largest absolute Gasteiger partial charge is 0.398 e. The molecule has 0 fully saturated rings. The molecule has 1 aromatic heterocycles. The van der Waals surface area contributed by atoms with Crippen LogP contribution in [0.15, 0.2) is 30.7 Å². The van der Waals surface area contributed by atoms with E-state index in [0.29, 0.717) is 0 Å². The lowest BCUT2D eigenvalue weighted by atomic mass is 10.1. The molecule has 84 valence electrons. The predicted molar refractivity (Wildman–Crippen MR) is 66.4 cm³/mol. The first-order valence-electron chi connectivity index (χ1n) is 5.33. The first-order chi connectivity index (χ1) is 7.77. The van der Waals surface area contributed by atoms with E-state index in [-0.39, 0.29) is 0 Å². The summed E-state index contributed by atoms with van der Waals surface area (Å²) in [5.41, 5.74) is 9.99. The van der Waals surface area contributed by atoms with E-state index in [1.165, 1.54) is 0 Å². The highest BCUT2D eigenvalue weighted by molar-refractivity contribution is 5.62. The number of nitrogens with one attached hydrogen (secondary N) is 2. The van der Waals surface area contributed by atoms with Crippen LogP contribution in [0.2, 0.25) is 0 Å². The summed E-state index contributed by atoms with van der Waals surface area (Å²) in [7, 11) is 0. The van der Waals surface area contributed by atoms with E-state index in [9.17, 15) is 0 Å². The minimum Gasteiger partial charge on any atom is -0.398 e. The van der Waals surface area contributed by atoms with E-state index in [1.807, 2.05) is 31.3 Å². The molecular weight excluding hydrogens is 200 g/mol. The highest BCUT2D eigenvalue weighted by Gasteiger charge is 2.00. The van der Waals surface area contributed by atoms with Gasteiger partial charge < -0.3 is 16.0 Å². The Morgan fingerprint density at radius 2 is 2.31 bits per heavy atom. The van der Waals surface area contributed by atoms with E-state index in [2.05, 4.69) is 15.3 Å². The second-order valence-corrected chi connectivity index (χ2v) is 3.77. The summed E-state index contributed by atoms with van der Waals surface area (Å²) in [6.45, 7) is 2.89. The maximum absolute atomic E-state index is 5.83. The number of imidazole rings is 1. The van der Waals surface area contributed by atoms with Gasteiger partial charge in [-0.25, -0.2) is 4.98 Å². The molecule has 0 bridgehead atoms. The lowest BCUT2D eigenvalue weighted by molar-refractivity contribution is 0.975. The van der Waals surface area contributed by atoms with Gasteiger partial charge >= 0.3 is 0 Å². The molecule has 0 aliphatic rings. The lowest BCUT2D eigenvalue weighted by Gasteiger charge is -2.10. The molecule has 0 spiro atoms. The molecule has 0 saturated heterocycles. The van der Waals surface area contributed by atoms with Gasteiger partial charge in [0.2, 0.25) is 0 Å². The first kappa shape index (κ1) is 10.5. The number of aromatic nitrogens is 2. The Balaban J connectivity index is 1.92. The molecule has 2 aromatic rings. The van der Waals surface area contributed by atoms with Crippen molar-refractivity contribution in [3.63, 3.8) is 0 Å². The highest BCUT2D eigenvalue weighted by atomic mass is 14.9. The third kappa shape index (κ3) is 2.34. The molecule has 0 saturated carbocycles. The quantitative estimate of drug-likeness (QED) is 0.684. The fourth-order valence-corrected chi connectivity index (χ4v) is 1.60. The van der Waals surface area contributed by atoms with Gasteiger partial charge in [-0.2, -0.15) is 0 Å². The monoisotopic (exact) mass is 216 g/mol. The number of anilines is 2. The summed E-state index contributed by atoms with van der Waals surface area (Å²) in [6.07, 6.45) is 4.46. The van der Waals surface area contributed by atoms with Gasteiger partial charge in [-0.1, -0.05) is 6.07 Å². The number of benzene rings is 1. The van der Waals surface area contributed by atoms with Crippen molar-refractivity contribution in [2.45, 2.75) is 13.3 Å². The van der Waals surface area contributed by atoms with E-state index in [0.717, 1.165) is 35.6 Å². The van der Waals surface area contributed by atoms with Crippen LogP contribution >= 0.6 is 0 Å². The average molecular weight is 216 g/mol. The lowest BCUT2D eigenvalue weighted by Crippen LogP contribution is -2.07. The summed E-state index contributed by atoms with van der Waals surface area (Å²) in [4.78, 5) is 7.05. The molecule has 4 heteroatoms. The van der Waals surface area contributed by atoms with Gasteiger partial charge in [-0.05, 0) is 24.6 Å². The Bertz CT molecular complexity index is 448. The SMILES string of the molecule is Cc1c(N)cccc1NCCc1cnc[nH]1. The Morgan fingerprint density at radius 1 is 1.44 bits per heavy atom. The second-order valence-electron chi connectivity index (χ2n) is 3.77. The Morgan fingerprint density at radius 3 is 3.06 bits per heavy atom. The van der Waals surface area contributed by atoms with Crippen molar-refractivity contribution in [1.29, 1.82) is 0 Å². The van der Waals surface area contributed by atoms with Gasteiger partial charge in [0.25, 0.3) is 0 Å². The second kappa shape index (κ2) is 4.70. The molecule has 0 aliphatic carbocycles. The maximum Gasteiger partial charge on any atom is 0.0921 e. The fraction of sp³-hybridized carbons (Fsp3) is 0.250. The zero-order chi connectivity index (χ0) is 11.4. The summed E-state index contributed by atoms with van der Waals surface area (Å²) >= 11 is 0. The van der Waals surface area contributed by atoms with Crippen LogP contribution in [-0.4, -0.2) is 16.5 Å². The summed E-state index contributed by atoms with van der Waals surface area (Å²) in [5.74, 6) is 0. The van der Waals surface area contributed by atoms with Gasteiger partial charge in [0, 0.05) is 36.2 Å². The topological polar surface area (TPSA) is 66.7 Å². The summed E-state index contributed by atoms with van der Waals surface area (Å²) in [5, 5.41) is 3.36. The molecule has 0 amide bonds. The van der Waals surface area contributed by atoms with Crippen molar-refractivity contribution in [1.82, 2.24) is 9.97 Å². The smallest absolute Gasteiger partial charge is 0.0921 e. The van der Waals surface area contributed by atoms with E-state index in [4.69, 9.17) is 5.73 Å². The van der Waals surface area contributed by atoms with Crippen LogP contribution in [0, 0.1) is 6.92 Å². The highest BCUT2D eigenvalue weighted by Crippen LogP contribution is 2.20. The molecule has 2 rings (SSSR count). The van der Waals surface area contributed by atoms with Gasteiger partial charge in [0.05, 0.1) is 6.33 Å². The van der Waals surface area contributed by atoms with Crippen molar-refractivity contribution in [2.24, 2.45) is 0 Å². The molecule has 4 nitrogen and oxygen atoms in total. The maximum atomic E-state index is 5.83. The van der Waals surface area contributed by atoms with Crippen LogP contribution < -0.4 is 11.1 Å². The zero-order valence-corrected chi connectivity index (χ0v) is 9.33. The van der Waals surface area contributed by atoms with E-state index < -0.39 is 0 Å². The molecule has 1 heterocycles. The average Bonchev–Trinajstić information content (AvgIpc) is 2.77. The Labute approximate surface area is 94.9 Å². The number of rotatable bonds is 4. The zero-order valence-electron chi connectivity index (χ0n) is 9.33. The summed E-state index contributed by atoms with van der Waals surface area (Å²) in [6, 6.07) is 5.91. The van der Waals surface area contributed by atoms with E-state index in [1.54, 1.807) is 6.33 Å². The van der Waals surface area contributed by atoms with Crippen LogP contribution in [0.5, 0.6) is 0 Å². The number of hydrogen-bond acceptors (Lipinski definition) is 3. The molecule has 1 aromatic carbocycles. The molecule has 16 heavy (non-hydrogen) atoms. The number of nitrogen functional groups attached to an aromatic ring is 1. The molecular formula is C12H16N4. The molecule has 0 atom stereocenters. The third-order valence-electron chi connectivity index (χ3n) is 2.64. The standard InChI is InChI=1S/C12H16N4/c1-9-11(13)3-2-4-12(9)15-6-5-10-7-14-8-16-10/h2-4,7-8,15H,5-6,13H2,1H3,(H,14,16). The Kier molecular flexibility index (Phi) is 3.10. The predicted octanol–water partition coefficient (Wildman–Crippen LogP) is 1.95. The van der Waals surface area contributed by atoms with Gasteiger partial charge in [0.1, 0.15) is 0 Å². The van der Waals surface area contributed by atoms with Gasteiger partial charge in [-0.15, -0.1) is 0 Å². The third-order valence-corrected chi connectivity index (χ3v) is 2.64. The van der Waals surface area contributed by atoms with Crippen LogP contribution in [0.3, 0.4) is 0 Å². The van der Waals surface area contributed by atoms with Crippen molar-refractivity contribution in [2.75, 3.05) is 17.6 Å². The van der Waals surface area contributed by atoms with Gasteiger partial charge in [-0.3, -0.25) is 0 Å². The van der Waals surface area contributed by atoms with E-state index >= 15 is 0 Å². The number of nitrogens with two attached hydrogens (primary N) is 1. The minimum absolute atomic E-state index is 0.826. The van der Waals surface area contributed by atoms with Crippen LogP contribution in [0.4, 0.5) is 11.4 Å². The van der Waals surface area contributed by atoms with Crippen molar-refractivity contribution in [3.8, 4) is 0 Å². The van der Waals surface area contributed by atoms with Crippen LogP contribution in [-0.2, 0) is 6.42 Å². The van der Waals surface area contributed by atoms with Crippen LogP contribution in [0.1, 0.15) is 11.3 Å². The van der Waals surface area contributed by atoms with Crippen molar-refractivity contribution < 1.29 is 0 Å². The minimum atomic E-state index is 0.826. The number of nitrogens with zero attached hydrogens (tertiary/aromatic N) is 1. The molecule has 0 radical (unpaired) electrons. The molecule has 0 aliphatic heterocycles. The number of H-pyrrole nitrogens is 1. The van der Waals surface area contributed by atoms with Gasteiger partial charge in [0.15, 0.2) is 0 Å². The first-order valence-corrected chi connectivity index (χ1v) is 5.33.